The number of rotatable bonds is 1. The Morgan fingerprint density at radius 2 is 2.00 bits per heavy atom. The molecule has 0 spiro atoms. The first-order chi connectivity index (χ1) is 10.2. The predicted octanol–water partition coefficient (Wildman–Crippen LogP) is 1.44. The number of hydrogen-bond donors (Lipinski definition) is 1. The van der Waals surface area contributed by atoms with Gasteiger partial charge in [-0.3, -0.25) is 9.78 Å². The summed E-state index contributed by atoms with van der Waals surface area (Å²) in [5.74, 6) is 1.01. The maximum Gasteiger partial charge on any atom is 0.274 e. The van der Waals surface area contributed by atoms with E-state index in [9.17, 15) is 4.79 Å². The van der Waals surface area contributed by atoms with Crippen LogP contribution in [0, 0.1) is 11.8 Å². The van der Waals surface area contributed by atoms with Crippen molar-refractivity contribution in [1.29, 1.82) is 0 Å². The highest BCUT2D eigenvalue weighted by atomic mass is 16.2. The lowest BCUT2D eigenvalue weighted by molar-refractivity contribution is 0.0774. The third kappa shape index (κ3) is 2.08. The van der Waals surface area contributed by atoms with E-state index in [1.807, 2.05) is 29.2 Å². The summed E-state index contributed by atoms with van der Waals surface area (Å²) in [6, 6.07) is 7.85. The van der Waals surface area contributed by atoms with Crippen LogP contribution in [0.1, 0.15) is 23.3 Å². The summed E-state index contributed by atoms with van der Waals surface area (Å²) in [5, 5.41) is 0. The number of fused-ring (bicyclic) bond motifs is 2. The zero-order chi connectivity index (χ0) is 14.4. The monoisotopic (exact) mass is 282 g/mol. The van der Waals surface area contributed by atoms with Crippen molar-refractivity contribution in [1.82, 2.24) is 14.9 Å². The van der Waals surface area contributed by atoms with Crippen molar-refractivity contribution in [3.63, 3.8) is 0 Å². The number of hydrogen-bond acceptors (Lipinski definition) is 4. The van der Waals surface area contributed by atoms with E-state index in [1.54, 1.807) is 6.20 Å². The van der Waals surface area contributed by atoms with Crippen LogP contribution in [0.4, 0.5) is 0 Å². The standard InChI is InChI=1S/C16H18N4O/c17-12-6-5-10-8-20(9-11(10)12)16(21)15-7-18-13-3-1-2-4-14(13)19-15/h1-4,7,10-12H,5-6,8-9,17H2. The minimum Gasteiger partial charge on any atom is -0.337 e. The van der Waals surface area contributed by atoms with Crippen LogP contribution < -0.4 is 5.73 Å². The second kappa shape index (κ2) is 4.77. The first kappa shape index (κ1) is 12.7. The van der Waals surface area contributed by atoms with Gasteiger partial charge in [-0.15, -0.1) is 0 Å². The van der Waals surface area contributed by atoms with Gasteiger partial charge in [0.2, 0.25) is 0 Å². The molecule has 1 amide bonds. The Hall–Kier alpha value is -2.01. The van der Waals surface area contributed by atoms with E-state index in [1.165, 1.54) is 0 Å². The molecule has 2 aromatic rings. The van der Waals surface area contributed by atoms with Crippen molar-refractivity contribution in [3.05, 3.63) is 36.2 Å². The Balaban J connectivity index is 1.59. The molecule has 1 aliphatic carbocycles. The fourth-order valence-electron chi connectivity index (χ4n) is 3.70. The number of nitrogens with zero attached hydrogens (tertiary/aromatic N) is 3. The van der Waals surface area contributed by atoms with Crippen LogP contribution in [0.3, 0.4) is 0 Å². The van der Waals surface area contributed by atoms with Gasteiger partial charge in [0.25, 0.3) is 5.91 Å². The van der Waals surface area contributed by atoms with Crippen LogP contribution in [0.15, 0.2) is 30.5 Å². The number of amides is 1. The van der Waals surface area contributed by atoms with Gasteiger partial charge in [-0.2, -0.15) is 0 Å². The molecule has 5 heteroatoms. The largest absolute Gasteiger partial charge is 0.337 e. The molecule has 1 saturated carbocycles. The number of aromatic nitrogens is 2. The van der Waals surface area contributed by atoms with Gasteiger partial charge in [-0.1, -0.05) is 12.1 Å². The average Bonchev–Trinajstić information content (AvgIpc) is 3.08. The molecule has 0 bridgehead atoms. The Bertz CT molecular complexity index is 701. The molecular weight excluding hydrogens is 264 g/mol. The number of carbonyl (C=O) groups excluding carboxylic acids is 1. The van der Waals surface area contributed by atoms with E-state index in [0.717, 1.165) is 37.0 Å². The number of likely N-dealkylation sites (tertiary alicyclic amines) is 1. The number of benzene rings is 1. The van der Waals surface area contributed by atoms with Gasteiger partial charge in [-0.05, 0) is 36.8 Å². The lowest BCUT2D eigenvalue weighted by Gasteiger charge is -2.18. The SMILES string of the molecule is NC1CCC2CN(C(=O)c3cnc4ccccc4n3)CC12. The van der Waals surface area contributed by atoms with Gasteiger partial charge in [-0.25, -0.2) is 4.98 Å². The quantitative estimate of drug-likeness (QED) is 0.859. The average molecular weight is 282 g/mol. The summed E-state index contributed by atoms with van der Waals surface area (Å²) < 4.78 is 0. The Kier molecular flexibility index (Phi) is 2.89. The van der Waals surface area contributed by atoms with Crippen LogP contribution in [0.2, 0.25) is 0 Å². The van der Waals surface area contributed by atoms with Gasteiger partial charge in [0, 0.05) is 19.1 Å². The van der Waals surface area contributed by atoms with Crippen molar-refractivity contribution in [2.24, 2.45) is 17.6 Å². The second-order valence-corrected chi connectivity index (χ2v) is 6.12. The van der Waals surface area contributed by atoms with Crippen molar-refractivity contribution in [3.8, 4) is 0 Å². The first-order valence-electron chi connectivity index (χ1n) is 7.49. The summed E-state index contributed by atoms with van der Waals surface area (Å²) in [5.41, 5.74) is 8.14. The van der Waals surface area contributed by atoms with Crippen LogP contribution >= 0.6 is 0 Å². The molecule has 3 atom stereocenters. The van der Waals surface area contributed by atoms with E-state index in [-0.39, 0.29) is 11.9 Å². The lowest BCUT2D eigenvalue weighted by Crippen LogP contribution is -2.33. The van der Waals surface area contributed by atoms with Crippen molar-refractivity contribution < 1.29 is 4.79 Å². The fourth-order valence-corrected chi connectivity index (χ4v) is 3.70. The Labute approximate surface area is 123 Å². The highest BCUT2D eigenvalue weighted by Crippen LogP contribution is 2.37. The third-order valence-corrected chi connectivity index (χ3v) is 4.87. The van der Waals surface area contributed by atoms with Crippen molar-refractivity contribution >= 4 is 16.9 Å². The fraction of sp³-hybridized carbons (Fsp3) is 0.438. The molecule has 0 radical (unpaired) electrons. The van der Waals surface area contributed by atoms with E-state index >= 15 is 0 Å². The van der Waals surface area contributed by atoms with Gasteiger partial charge in [0.1, 0.15) is 5.69 Å². The normalized spacial score (nSPS) is 28.0. The third-order valence-electron chi connectivity index (χ3n) is 4.87. The maximum absolute atomic E-state index is 12.6. The van der Waals surface area contributed by atoms with Crippen LogP contribution in [0.5, 0.6) is 0 Å². The van der Waals surface area contributed by atoms with E-state index in [0.29, 0.717) is 17.5 Å². The Morgan fingerprint density at radius 1 is 1.19 bits per heavy atom. The number of carbonyl (C=O) groups is 1. The molecule has 1 aromatic heterocycles. The summed E-state index contributed by atoms with van der Waals surface area (Å²) in [6.45, 7) is 1.57. The molecule has 21 heavy (non-hydrogen) atoms. The molecule has 2 N–H and O–H groups in total. The highest BCUT2D eigenvalue weighted by Gasteiger charge is 2.42. The minimum atomic E-state index is -0.0187. The zero-order valence-electron chi connectivity index (χ0n) is 11.8. The number of para-hydroxylation sites is 2. The summed E-state index contributed by atoms with van der Waals surface area (Å²) in [7, 11) is 0. The summed E-state index contributed by atoms with van der Waals surface area (Å²) in [6.07, 6.45) is 3.81. The molecule has 3 unspecified atom stereocenters. The Morgan fingerprint density at radius 3 is 2.81 bits per heavy atom. The molecule has 2 aliphatic rings. The predicted molar refractivity (Wildman–Crippen MR) is 79.6 cm³/mol. The van der Waals surface area contributed by atoms with E-state index in [2.05, 4.69) is 9.97 Å². The lowest BCUT2D eigenvalue weighted by atomic mass is 9.98. The molecule has 108 valence electrons. The molecule has 4 rings (SSSR count). The van der Waals surface area contributed by atoms with Crippen LogP contribution in [-0.4, -0.2) is 39.9 Å². The first-order valence-corrected chi connectivity index (χ1v) is 7.49. The molecule has 1 aliphatic heterocycles. The minimum absolute atomic E-state index is 0.0187. The van der Waals surface area contributed by atoms with Gasteiger partial charge in [0.05, 0.1) is 17.2 Å². The maximum atomic E-state index is 12.6. The summed E-state index contributed by atoms with van der Waals surface area (Å²) in [4.78, 5) is 23.3. The number of nitrogens with two attached hydrogens (primary N) is 1. The van der Waals surface area contributed by atoms with Gasteiger partial charge < -0.3 is 10.6 Å². The molecular formula is C16H18N4O. The van der Waals surface area contributed by atoms with Gasteiger partial charge in [0.15, 0.2) is 0 Å². The van der Waals surface area contributed by atoms with Crippen molar-refractivity contribution in [2.45, 2.75) is 18.9 Å². The molecule has 1 aromatic carbocycles. The zero-order valence-corrected chi connectivity index (χ0v) is 11.8. The second-order valence-electron chi connectivity index (χ2n) is 6.12. The molecule has 2 fully saturated rings. The topological polar surface area (TPSA) is 72.1 Å². The van der Waals surface area contributed by atoms with E-state index in [4.69, 9.17) is 5.73 Å². The van der Waals surface area contributed by atoms with Crippen LogP contribution in [-0.2, 0) is 0 Å². The molecule has 2 heterocycles. The van der Waals surface area contributed by atoms with Crippen LogP contribution in [0.25, 0.3) is 11.0 Å². The highest BCUT2D eigenvalue weighted by molar-refractivity contribution is 5.94. The smallest absolute Gasteiger partial charge is 0.274 e. The van der Waals surface area contributed by atoms with Crippen molar-refractivity contribution in [2.75, 3.05) is 13.1 Å². The van der Waals surface area contributed by atoms with E-state index < -0.39 is 0 Å². The molecule has 1 saturated heterocycles. The van der Waals surface area contributed by atoms with Gasteiger partial charge >= 0.3 is 0 Å². The molecule has 5 nitrogen and oxygen atoms in total. The summed E-state index contributed by atoms with van der Waals surface area (Å²) >= 11 is 0.